The van der Waals surface area contributed by atoms with Crippen molar-refractivity contribution >= 4 is 5.97 Å². The molecule has 4 nitrogen and oxygen atoms in total. The highest BCUT2D eigenvalue weighted by Crippen LogP contribution is 2.24. The average Bonchev–Trinajstić information content (AvgIpc) is 2.26. The summed E-state index contributed by atoms with van der Waals surface area (Å²) in [5.74, 6) is -2.40. The lowest BCUT2D eigenvalue weighted by Crippen LogP contribution is -2.12. The largest absolute Gasteiger partial charge is 0.465 e. The second-order valence-electron chi connectivity index (χ2n) is 2.66. The maximum Gasteiger partial charge on any atom is 0.341 e. The van der Waals surface area contributed by atoms with Gasteiger partial charge in [-0.3, -0.25) is 0 Å². The summed E-state index contributed by atoms with van der Waals surface area (Å²) in [4.78, 5) is 14.0. The predicted octanol–water partition coefficient (Wildman–Crippen LogP) is 1.82. The van der Waals surface area contributed by atoms with Crippen LogP contribution in [0.2, 0.25) is 0 Å². The zero-order chi connectivity index (χ0) is 12.3. The van der Waals surface area contributed by atoms with Gasteiger partial charge in [-0.2, -0.15) is 9.65 Å². The lowest BCUT2D eigenvalue weighted by molar-refractivity contribution is 0.0586. The number of pyridine rings is 1. The highest BCUT2D eigenvalue weighted by Gasteiger charge is 2.25. The van der Waals surface area contributed by atoms with E-state index in [9.17, 15) is 18.0 Å². The van der Waals surface area contributed by atoms with Crippen LogP contribution in [-0.2, 0) is 4.74 Å². The van der Waals surface area contributed by atoms with Crippen LogP contribution in [0.15, 0.2) is 6.07 Å². The Labute approximate surface area is 88.3 Å². The number of esters is 1. The average molecular weight is 230 g/mol. The van der Waals surface area contributed by atoms with Gasteiger partial charge in [0.05, 0.1) is 12.7 Å². The number of rotatable bonds is 2. The number of carbonyl (C=O) groups excluding carboxylic acids is 1. The second-order valence-corrected chi connectivity index (χ2v) is 2.66. The van der Waals surface area contributed by atoms with E-state index in [2.05, 4.69) is 9.72 Å². The Kier molecular flexibility index (Phi) is 3.45. The fourth-order valence-electron chi connectivity index (χ4n) is 1.10. The number of carbonyl (C=O) groups is 1. The first-order valence-corrected chi connectivity index (χ1v) is 3.98. The van der Waals surface area contributed by atoms with Gasteiger partial charge in [0.15, 0.2) is 0 Å². The first kappa shape index (κ1) is 12.0. The van der Waals surface area contributed by atoms with E-state index in [-0.39, 0.29) is 0 Å². The minimum absolute atomic E-state index is 0.533. The number of nitrogens with zero attached hydrogens (tertiary/aromatic N) is 2. The molecule has 0 atom stereocenters. The monoisotopic (exact) mass is 230 g/mol. The van der Waals surface area contributed by atoms with Crippen molar-refractivity contribution in [3.05, 3.63) is 28.8 Å². The number of ether oxygens (including phenoxy) is 1. The Morgan fingerprint density at radius 3 is 2.69 bits per heavy atom. The zero-order valence-electron chi connectivity index (χ0n) is 8.00. The molecule has 0 aliphatic carbocycles. The van der Waals surface area contributed by atoms with Gasteiger partial charge < -0.3 is 4.74 Å². The van der Waals surface area contributed by atoms with Gasteiger partial charge in [0.2, 0.25) is 5.95 Å². The van der Waals surface area contributed by atoms with Gasteiger partial charge >= 0.3 is 5.97 Å². The van der Waals surface area contributed by atoms with E-state index in [0.717, 1.165) is 7.11 Å². The van der Waals surface area contributed by atoms with Gasteiger partial charge in [0.1, 0.15) is 17.3 Å². The summed E-state index contributed by atoms with van der Waals surface area (Å²) >= 11 is 0. The van der Waals surface area contributed by atoms with Crippen LogP contribution in [0.3, 0.4) is 0 Å². The van der Waals surface area contributed by atoms with Crippen molar-refractivity contribution in [1.29, 1.82) is 5.26 Å². The Morgan fingerprint density at radius 2 is 2.25 bits per heavy atom. The van der Waals surface area contributed by atoms with Gasteiger partial charge in [0.25, 0.3) is 6.43 Å². The molecule has 1 rings (SSSR count). The maximum atomic E-state index is 12.8. The van der Waals surface area contributed by atoms with E-state index in [1.807, 2.05) is 0 Å². The summed E-state index contributed by atoms with van der Waals surface area (Å²) in [5.41, 5.74) is -2.33. The number of hydrogen-bond donors (Lipinski definition) is 0. The fraction of sp³-hybridized carbons (Fsp3) is 0.222. The van der Waals surface area contributed by atoms with Crippen molar-refractivity contribution in [2.45, 2.75) is 6.43 Å². The molecule has 0 saturated carbocycles. The summed E-state index contributed by atoms with van der Waals surface area (Å²) in [6.07, 6.45) is -3.17. The fourth-order valence-corrected chi connectivity index (χ4v) is 1.10. The molecular weight excluding hydrogens is 225 g/mol. The molecule has 0 fully saturated rings. The third-order valence-electron chi connectivity index (χ3n) is 1.73. The molecule has 0 bridgehead atoms. The highest BCUT2D eigenvalue weighted by atomic mass is 19.3. The van der Waals surface area contributed by atoms with Crippen molar-refractivity contribution < 1.29 is 22.7 Å². The van der Waals surface area contributed by atoms with Gasteiger partial charge in [-0.15, -0.1) is 0 Å². The zero-order valence-corrected chi connectivity index (χ0v) is 8.00. The van der Waals surface area contributed by atoms with E-state index >= 15 is 0 Å². The second kappa shape index (κ2) is 4.61. The first-order valence-electron chi connectivity index (χ1n) is 3.98. The normalized spacial score (nSPS) is 10.0. The highest BCUT2D eigenvalue weighted by molar-refractivity contribution is 5.93. The van der Waals surface area contributed by atoms with Crippen LogP contribution >= 0.6 is 0 Å². The molecule has 16 heavy (non-hydrogen) atoms. The van der Waals surface area contributed by atoms with Crippen LogP contribution in [0.1, 0.15) is 28.0 Å². The van der Waals surface area contributed by atoms with Crippen molar-refractivity contribution in [2.24, 2.45) is 0 Å². The predicted molar refractivity (Wildman–Crippen MR) is 45.2 cm³/mol. The third kappa shape index (κ3) is 2.11. The molecule has 1 heterocycles. The molecule has 0 saturated heterocycles. The van der Waals surface area contributed by atoms with Gasteiger partial charge in [-0.25, -0.2) is 18.6 Å². The summed E-state index contributed by atoms with van der Waals surface area (Å²) < 4.78 is 41.9. The molecule has 1 aromatic rings. The van der Waals surface area contributed by atoms with Gasteiger partial charge in [0, 0.05) is 6.07 Å². The Morgan fingerprint density at radius 1 is 1.62 bits per heavy atom. The number of alkyl halides is 2. The van der Waals surface area contributed by atoms with E-state index in [0.29, 0.717) is 6.07 Å². The van der Waals surface area contributed by atoms with E-state index in [4.69, 9.17) is 5.26 Å². The van der Waals surface area contributed by atoms with Crippen LogP contribution in [0, 0.1) is 17.3 Å². The molecule has 0 aromatic carbocycles. The molecule has 7 heteroatoms. The van der Waals surface area contributed by atoms with Crippen molar-refractivity contribution in [3.63, 3.8) is 0 Å². The summed E-state index contributed by atoms with van der Waals surface area (Å²) in [6, 6.07) is 2.03. The smallest absolute Gasteiger partial charge is 0.341 e. The van der Waals surface area contributed by atoms with E-state index < -0.39 is 35.2 Å². The topological polar surface area (TPSA) is 63.0 Å². The van der Waals surface area contributed by atoms with Crippen molar-refractivity contribution in [2.75, 3.05) is 7.11 Å². The molecule has 0 radical (unpaired) electrons. The van der Waals surface area contributed by atoms with Crippen LogP contribution < -0.4 is 0 Å². The standard InChI is InChI=1S/C9H5F3N2O2/c1-16-9(15)6-4(3-13)2-5(10)14-7(6)8(11)12/h2,8H,1H3. The summed E-state index contributed by atoms with van der Waals surface area (Å²) in [6.45, 7) is 0. The molecule has 0 aliphatic rings. The van der Waals surface area contributed by atoms with Crippen LogP contribution in [0.4, 0.5) is 13.2 Å². The van der Waals surface area contributed by atoms with E-state index in [1.54, 1.807) is 0 Å². The molecule has 84 valence electrons. The van der Waals surface area contributed by atoms with Gasteiger partial charge in [-0.1, -0.05) is 0 Å². The maximum absolute atomic E-state index is 12.8. The van der Waals surface area contributed by atoms with Crippen molar-refractivity contribution in [3.8, 4) is 6.07 Å². The van der Waals surface area contributed by atoms with Gasteiger partial charge in [-0.05, 0) is 0 Å². The Balaban J connectivity index is 3.53. The number of hydrogen-bond acceptors (Lipinski definition) is 4. The lowest BCUT2D eigenvalue weighted by Gasteiger charge is -2.07. The van der Waals surface area contributed by atoms with Crippen LogP contribution in [-0.4, -0.2) is 18.1 Å². The minimum Gasteiger partial charge on any atom is -0.465 e. The quantitative estimate of drug-likeness (QED) is 0.574. The molecular formula is C9H5F3N2O2. The number of nitriles is 1. The number of aromatic nitrogens is 1. The first-order chi connectivity index (χ1) is 7.51. The number of halogens is 3. The summed E-state index contributed by atoms with van der Waals surface area (Å²) in [7, 11) is 0.960. The summed E-state index contributed by atoms with van der Waals surface area (Å²) in [5, 5.41) is 8.60. The molecule has 0 N–H and O–H groups in total. The van der Waals surface area contributed by atoms with E-state index in [1.165, 1.54) is 6.07 Å². The molecule has 0 amide bonds. The van der Waals surface area contributed by atoms with Crippen molar-refractivity contribution in [1.82, 2.24) is 4.98 Å². The van der Waals surface area contributed by atoms with Crippen LogP contribution in [0.5, 0.6) is 0 Å². The van der Waals surface area contributed by atoms with Crippen LogP contribution in [0.25, 0.3) is 0 Å². The molecule has 0 unspecified atom stereocenters. The molecule has 1 aromatic heterocycles. The number of methoxy groups -OCH3 is 1. The SMILES string of the molecule is COC(=O)c1c(C#N)cc(F)nc1C(F)F. The minimum atomic E-state index is -3.17. The lowest BCUT2D eigenvalue weighted by atomic mass is 10.1. The Hall–Kier alpha value is -2.10. The molecule has 0 spiro atoms. The molecule has 0 aliphatic heterocycles. The third-order valence-corrected chi connectivity index (χ3v) is 1.73. The Bertz CT molecular complexity index is 469.